The van der Waals surface area contributed by atoms with Crippen molar-refractivity contribution in [2.75, 3.05) is 21.1 Å². The SMILES string of the molecule is C[N+](C)(C)c1cccc2ccccc12.I. The van der Waals surface area contributed by atoms with Crippen molar-refractivity contribution in [1.29, 1.82) is 0 Å². The second-order valence-corrected chi connectivity index (χ2v) is 4.51. The molecule has 0 heterocycles. The van der Waals surface area contributed by atoms with Crippen LogP contribution in [0.2, 0.25) is 0 Å². The van der Waals surface area contributed by atoms with E-state index in [0.29, 0.717) is 0 Å². The van der Waals surface area contributed by atoms with Gasteiger partial charge < -0.3 is 0 Å². The van der Waals surface area contributed by atoms with E-state index in [9.17, 15) is 0 Å². The van der Waals surface area contributed by atoms with Crippen molar-refractivity contribution in [1.82, 2.24) is 4.48 Å². The lowest BCUT2D eigenvalue weighted by atomic mass is 10.1. The molecule has 0 aliphatic rings. The molecule has 2 heteroatoms. The van der Waals surface area contributed by atoms with Gasteiger partial charge in [0.25, 0.3) is 0 Å². The smallest absolute Gasteiger partial charge is 0.140 e. The number of rotatable bonds is 1. The Balaban J connectivity index is 0.00000112. The fourth-order valence-electron chi connectivity index (χ4n) is 1.79. The number of quaternary nitrogens is 1. The van der Waals surface area contributed by atoms with Crippen LogP contribution in [0.4, 0.5) is 5.69 Å². The summed E-state index contributed by atoms with van der Waals surface area (Å²) in [6.07, 6.45) is 0. The highest BCUT2D eigenvalue weighted by Gasteiger charge is 2.14. The molecule has 0 aromatic heterocycles. The lowest BCUT2D eigenvalue weighted by molar-refractivity contribution is 0.490. The van der Waals surface area contributed by atoms with E-state index in [0.717, 1.165) is 4.48 Å². The molecular formula is C13H17IN+. The summed E-state index contributed by atoms with van der Waals surface area (Å²) in [5.74, 6) is 0. The third-order valence-electron chi connectivity index (χ3n) is 2.49. The normalized spacial score (nSPS) is 11.1. The van der Waals surface area contributed by atoms with E-state index in [4.69, 9.17) is 0 Å². The minimum atomic E-state index is 0. The lowest BCUT2D eigenvalue weighted by Crippen LogP contribution is -2.34. The Hall–Kier alpha value is -0.610. The maximum absolute atomic E-state index is 2.20. The molecule has 0 atom stereocenters. The van der Waals surface area contributed by atoms with Crippen molar-refractivity contribution in [3.63, 3.8) is 0 Å². The highest BCUT2D eigenvalue weighted by Crippen LogP contribution is 2.27. The molecule has 2 rings (SSSR count). The van der Waals surface area contributed by atoms with Crippen LogP contribution >= 0.6 is 24.0 Å². The highest BCUT2D eigenvalue weighted by molar-refractivity contribution is 14.0. The fourth-order valence-corrected chi connectivity index (χ4v) is 1.79. The first kappa shape index (κ1) is 12.5. The number of benzene rings is 2. The molecule has 0 N–H and O–H groups in total. The van der Waals surface area contributed by atoms with Crippen LogP contribution in [0, 0.1) is 0 Å². The van der Waals surface area contributed by atoms with Gasteiger partial charge in [-0.3, -0.25) is 4.48 Å². The molecule has 0 radical (unpaired) electrons. The molecule has 80 valence electrons. The zero-order valence-corrected chi connectivity index (χ0v) is 11.7. The van der Waals surface area contributed by atoms with Gasteiger partial charge in [0.1, 0.15) is 5.69 Å². The number of halogens is 1. The molecule has 0 unspecified atom stereocenters. The van der Waals surface area contributed by atoms with Gasteiger partial charge in [0, 0.05) is 5.39 Å². The molecule has 2 aromatic rings. The molecule has 0 aliphatic carbocycles. The second-order valence-electron chi connectivity index (χ2n) is 4.51. The van der Waals surface area contributed by atoms with Crippen molar-refractivity contribution < 1.29 is 0 Å². The fraction of sp³-hybridized carbons (Fsp3) is 0.231. The van der Waals surface area contributed by atoms with Gasteiger partial charge in [-0.25, -0.2) is 0 Å². The average Bonchev–Trinajstić information content (AvgIpc) is 2.15. The Morgan fingerprint density at radius 2 is 1.40 bits per heavy atom. The maximum Gasteiger partial charge on any atom is 0.140 e. The van der Waals surface area contributed by atoms with Gasteiger partial charge in [-0.05, 0) is 17.5 Å². The van der Waals surface area contributed by atoms with Crippen LogP contribution in [0.3, 0.4) is 0 Å². The van der Waals surface area contributed by atoms with Crippen molar-refractivity contribution in [3.8, 4) is 0 Å². The second kappa shape index (κ2) is 4.49. The Bertz CT molecular complexity index is 452. The number of hydrogen-bond donors (Lipinski definition) is 0. The first-order chi connectivity index (χ1) is 6.59. The van der Waals surface area contributed by atoms with Crippen LogP contribution < -0.4 is 4.48 Å². The Morgan fingerprint density at radius 1 is 0.800 bits per heavy atom. The van der Waals surface area contributed by atoms with Crippen LogP contribution in [-0.2, 0) is 0 Å². The van der Waals surface area contributed by atoms with Crippen molar-refractivity contribution in [2.24, 2.45) is 0 Å². The summed E-state index contributed by atoms with van der Waals surface area (Å²) in [5.41, 5.74) is 1.36. The Kier molecular flexibility index (Phi) is 3.73. The zero-order valence-electron chi connectivity index (χ0n) is 9.40. The highest BCUT2D eigenvalue weighted by atomic mass is 127. The van der Waals surface area contributed by atoms with Gasteiger partial charge in [-0.15, -0.1) is 24.0 Å². The molecular weight excluding hydrogens is 297 g/mol. The number of nitrogens with zero attached hydrogens (tertiary/aromatic N) is 1. The largest absolute Gasteiger partial charge is 0.298 e. The zero-order chi connectivity index (χ0) is 10.2. The minimum absolute atomic E-state index is 0. The molecule has 2 aromatic carbocycles. The molecule has 15 heavy (non-hydrogen) atoms. The first-order valence-electron chi connectivity index (χ1n) is 4.89. The molecule has 0 saturated carbocycles. The molecule has 0 spiro atoms. The summed E-state index contributed by atoms with van der Waals surface area (Å²) < 4.78 is 0.862. The van der Waals surface area contributed by atoms with E-state index in [1.165, 1.54) is 16.5 Å². The van der Waals surface area contributed by atoms with Crippen molar-refractivity contribution in [2.45, 2.75) is 0 Å². The summed E-state index contributed by atoms with van der Waals surface area (Å²) in [6.45, 7) is 0. The number of hydrogen-bond acceptors (Lipinski definition) is 0. The lowest BCUT2D eigenvalue weighted by Gasteiger charge is -2.24. The summed E-state index contributed by atoms with van der Waals surface area (Å²) >= 11 is 0. The minimum Gasteiger partial charge on any atom is -0.298 e. The van der Waals surface area contributed by atoms with Crippen LogP contribution in [-0.4, -0.2) is 21.1 Å². The van der Waals surface area contributed by atoms with E-state index in [1.54, 1.807) is 0 Å². The number of fused-ring (bicyclic) bond motifs is 1. The molecule has 0 saturated heterocycles. The first-order valence-corrected chi connectivity index (χ1v) is 4.89. The van der Waals surface area contributed by atoms with Gasteiger partial charge >= 0.3 is 0 Å². The predicted molar refractivity (Wildman–Crippen MR) is 78.9 cm³/mol. The van der Waals surface area contributed by atoms with Gasteiger partial charge in [0.2, 0.25) is 0 Å². The predicted octanol–water partition coefficient (Wildman–Crippen LogP) is 3.65. The molecule has 0 aliphatic heterocycles. The van der Waals surface area contributed by atoms with Crippen LogP contribution in [0.15, 0.2) is 42.5 Å². The molecule has 1 nitrogen and oxygen atoms in total. The summed E-state index contributed by atoms with van der Waals surface area (Å²) in [5, 5.41) is 2.67. The Labute approximate surface area is 108 Å². The van der Waals surface area contributed by atoms with Gasteiger partial charge in [-0.1, -0.05) is 30.3 Å². The van der Waals surface area contributed by atoms with Crippen LogP contribution in [0.1, 0.15) is 0 Å². The standard InChI is InChI=1S/C13H16N.HI/c1-14(2,3)13-10-6-8-11-7-4-5-9-12(11)13;/h4-10H,1-3H3;1H/q+1;. The third kappa shape index (κ3) is 2.49. The molecule has 0 fully saturated rings. The van der Waals surface area contributed by atoms with E-state index >= 15 is 0 Å². The van der Waals surface area contributed by atoms with Gasteiger partial charge in [0.15, 0.2) is 0 Å². The monoisotopic (exact) mass is 314 g/mol. The van der Waals surface area contributed by atoms with E-state index < -0.39 is 0 Å². The third-order valence-corrected chi connectivity index (χ3v) is 2.49. The quantitative estimate of drug-likeness (QED) is 0.557. The summed E-state index contributed by atoms with van der Waals surface area (Å²) in [4.78, 5) is 0. The van der Waals surface area contributed by atoms with Gasteiger partial charge in [0.05, 0.1) is 21.1 Å². The molecule has 0 amide bonds. The van der Waals surface area contributed by atoms with Gasteiger partial charge in [-0.2, -0.15) is 0 Å². The van der Waals surface area contributed by atoms with E-state index in [1.807, 2.05) is 0 Å². The topological polar surface area (TPSA) is 0 Å². The maximum atomic E-state index is 2.20. The van der Waals surface area contributed by atoms with Crippen molar-refractivity contribution >= 4 is 40.4 Å². The summed E-state index contributed by atoms with van der Waals surface area (Å²) in [6, 6.07) is 15.0. The molecule has 0 bridgehead atoms. The Morgan fingerprint density at radius 3 is 2.07 bits per heavy atom. The van der Waals surface area contributed by atoms with E-state index in [-0.39, 0.29) is 24.0 Å². The average molecular weight is 314 g/mol. The van der Waals surface area contributed by atoms with Crippen LogP contribution in [0.25, 0.3) is 10.8 Å². The van der Waals surface area contributed by atoms with Crippen molar-refractivity contribution in [3.05, 3.63) is 42.5 Å². The van der Waals surface area contributed by atoms with E-state index in [2.05, 4.69) is 63.6 Å². The van der Waals surface area contributed by atoms with Crippen LogP contribution in [0.5, 0.6) is 0 Å². The summed E-state index contributed by atoms with van der Waals surface area (Å²) in [7, 11) is 6.59.